The second-order valence-electron chi connectivity index (χ2n) is 6.16. The largest absolute Gasteiger partial charge is 0.353 e. The fourth-order valence-corrected chi connectivity index (χ4v) is 3.88. The van der Waals surface area contributed by atoms with Gasteiger partial charge >= 0.3 is 0 Å². The second-order valence-corrected chi connectivity index (χ2v) is 7.93. The Morgan fingerprint density at radius 1 is 1.21 bits per heavy atom. The van der Waals surface area contributed by atoms with Gasteiger partial charge in [0.2, 0.25) is 15.9 Å². The normalized spacial score (nSPS) is 21.5. The first-order valence-corrected chi connectivity index (χ1v) is 9.52. The molecule has 1 aromatic rings. The Balaban J connectivity index is 1.83. The van der Waals surface area contributed by atoms with E-state index in [0.29, 0.717) is 12.0 Å². The van der Waals surface area contributed by atoms with Gasteiger partial charge in [-0.05, 0) is 37.0 Å². The van der Waals surface area contributed by atoms with Crippen LogP contribution < -0.4 is 10.0 Å². The highest BCUT2D eigenvalue weighted by molar-refractivity contribution is 7.89. The Morgan fingerprint density at radius 3 is 2.58 bits per heavy atom. The van der Waals surface area contributed by atoms with Crippen LogP contribution in [0, 0.1) is 17.6 Å². The predicted octanol–water partition coefficient (Wildman–Crippen LogP) is 2.33. The SMILES string of the molecule is C[C@H]1CCCC[C@@H]1NC(=O)CCNS(=O)(=O)c1ccc(F)c(F)c1. The summed E-state index contributed by atoms with van der Waals surface area (Å²) in [6, 6.07) is 2.47. The molecule has 0 saturated heterocycles. The van der Waals surface area contributed by atoms with E-state index in [0.717, 1.165) is 31.4 Å². The quantitative estimate of drug-likeness (QED) is 0.818. The van der Waals surface area contributed by atoms with Crippen molar-refractivity contribution in [2.45, 2.75) is 50.0 Å². The van der Waals surface area contributed by atoms with Crippen molar-refractivity contribution in [3.8, 4) is 0 Å². The topological polar surface area (TPSA) is 75.3 Å². The van der Waals surface area contributed by atoms with Gasteiger partial charge in [-0.2, -0.15) is 0 Å². The molecule has 1 amide bonds. The van der Waals surface area contributed by atoms with Crippen molar-refractivity contribution >= 4 is 15.9 Å². The zero-order valence-corrected chi connectivity index (χ0v) is 14.3. The Morgan fingerprint density at radius 2 is 1.92 bits per heavy atom. The van der Waals surface area contributed by atoms with Gasteiger partial charge in [0.25, 0.3) is 0 Å². The minimum Gasteiger partial charge on any atom is -0.353 e. The maximum absolute atomic E-state index is 13.1. The van der Waals surface area contributed by atoms with Crippen LogP contribution in [0.1, 0.15) is 39.0 Å². The molecule has 1 fully saturated rings. The molecule has 2 N–H and O–H groups in total. The number of halogens is 2. The lowest BCUT2D eigenvalue weighted by molar-refractivity contribution is -0.122. The summed E-state index contributed by atoms with van der Waals surface area (Å²) in [5, 5.41) is 2.93. The molecular weight excluding hydrogens is 338 g/mol. The van der Waals surface area contributed by atoms with Gasteiger partial charge in [-0.15, -0.1) is 0 Å². The van der Waals surface area contributed by atoms with Crippen LogP contribution in [0.25, 0.3) is 0 Å². The summed E-state index contributed by atoms with van der Waals surface area (Å²) in [6.45, 7) is 1.99. The number of hydrogen-bond acceptors (Lipinski definition) is 3. The van der Waals surface area contributed by atoms with Crippen molar-refractivity contribution < 1.29 is 22.0 Å². The van der Waals surface area contributed by atoms with Crippen LogP contribution in [-0.4, -0.2) is 26.9 Å². The third-order valence-electron chi connectivity index (χ3n) is 4.30. The lowest BCUT2D eigenvalue weighted by atomic mass is 9.86. The molecule has 24 heavy (non-hydrogen) atoms. The molecule has 0 aliphatic heterocycles. The van der Waals surface area contributed by atoms with Crippen molar-refractivity contribution in [3.05, 3.63) is 29.8 Å². The van der Waals surface area contributed by atoms with Gasteiger partial charge in [0.1, 0.15) is 0 Å². The molecule has 2 rings (SSSR count). The molecule has 1 aliphatic carbocycles. The zero-order valence-electron chi connectivity index (χ0n) is 13.5. The lowest BCUT2D eigenvalue weighted by Crippen LogP contribution is -2.42. The van der Waals surface area contributed by atoms with E-state index in [1.54, 1.807) is 0 Å². The Kier molecular flexibility index (Phi) is 6.28. The molecule has 0 heterocycles. The zero-order chi connectivity index (χ0) is 17.7. The third kappa shape index (κ3) is 4.98. The van der Waals surface area contributed by atoms with E-state index in [9.17, 15) is 22.0 Å². The number of benzene rings is 1. The molecular formula is C16H22F2N2O3S. The number of nitrogens with one attached hydrogen (secondary N) is 2. The van der Waals surface area contributed by atoms with Crippen LogP contribution in [0.3, 0.4) is 0 Å². The molecule has 0 unspecified atom stereocenters. The van der Waals surface area contributed by atoms with E-state index in [1.807, 2.05) is 0 Å². The lowest BCUT2D eigenvalue weighted by Gasteiger charge is -2.29. The first-order chi connectivity index (χ1) is 11.3. The summed E-state index contributed by atoms with van der Waals surface area (Å²) in [5.74, 6) is -2.15. The number of sulfonamides is 1. The summed E-state index contributed by atoms with van der Waals surface area (Å²) in [4.78, 5) is 11.5. The van der Waals surface area contributed by atoms with Crippen LogP contribution in [0.15, 0.2) is 23.1 Å². The third-order valence-corrected chi connectivity index (χ3v) is 5.76. The molecule has 1 aromatic carbocycles. The van der Waals surface area contributed by atoms with Gasteiger partial charge < -0.3 is 5.32 Å². The fourth-order valence-electron chi connectivity index (χ4n) is 2.84. The van der Waals surface area contributed by atoms with Crippen molar-refractivity contribution in [1.29, 1.82) is 0 Å². The Labute approximate surface area is 140 Å². The minimum atomic E-state index is -3.98. The smallest absolute Gasteiger partial charge is 0.240 e. The molecule has 1 saturated carbocycles. The van der Waals surface area contributed by atoms with Crippen LogP contribution in [0.5, 0.6) is 0 Å². The molecule has 134 valence electrons. The van der Waals surface area contributed by atoms with Crippen molar-refractivity contribution in [3.63, 3.8) is 0 Å². The summed E-state index contributed by atoms with van der Waals surface area (Å²) in [7, 11) is -3.98. The van der Waals surface area contributed by atoms with Crippen LogP contribution in [0.2, 0.25) is 0 Å². The molecule has 0 spiro atoms. The van der Waals surface area contributed by atoms with Gasteiger partial charge in [-0.1, -0.05) is 19.8 Å². The van der Waals surface area contributed by atoms with E-state index in [-0.39, 0.29) is 29.8 Å². The first-order valence-electron chi connectivity index (χ1n) is 8.03. The first kappa shape index (κ1) is 18.8. The van der Waals surface area contributed by atoms with Crippen molar-refractivity contribution in [2.75, 3.05) is 6.54 Å². The highest BCUT2D eigenvalue weighted by Gasteiger charge is 2.23. The van der Waals surface area contributed by atoms with Crippen molar-refractivity contribution in [1.82, 2.24) is 10.0 Å². The standard InChI is InChI=1S/C16H22F2N2O3S/c1-11-4-2-3-5-15(11)20-16(21)8-9-19-24(22,23)12-6-7-13(17)14(18)10-12/h6-7,10-11,15,19H,2-5,8-9H2,1H3,(H,20,21)/t11-,15-/m0/s1. The van der Waals surface area contributed by atoms with E-state index in [4.69, 9.17) is 0 Å². The van der Waals surface area contributed by atoms with Gasteiger partial charge in [-0.3, -0.25) is 4.79 Å². The minimum absolute atomic E-state index is 0.00781. The van der Waals surface area contributed by atoms with Gasteiger partial charge in [-0.25, -0.2) is 21.9 Å². The monoisotopic (exact) mass is 360 g/mol. The molecule has 0 aromatic heterocycles. The molecule has 8 heteroatoms. The molecule has 2 atom stereocenters. The Hall–Kier alpha value is -1.54. The highest BCUT2D eigenvalue weighted by atomic mass is 32.2. The fraction of sp³-hybridized carbons (Fsp3) is 0.562. The van der Waals surface area contributed by atoms with E-state index in [1.165, 1.54) is 6.42 Å². The van der Waals surface area contributed by atoms with Crippen LogP contribution in [-0.2, 0) is 14.8 Å². The van der Waals surface area contributed by atoms with Crippen molar-refractivity contribution in [2.24, 2.45) is 5.92 Å². The number of carbonyl (C=O) groups excluding carboxylic acids is 1. The summed E-state index contributed by atoms with van der Waals surface area (Å²) < 4.78 is 52.2. The van der Waals surface area contributed by atoms with Crippen LogP contribution >= 0.6 is 0 Å². The molecule has 5 nitrogen and oxygen atoms in total. The Bertz CT molecular complexity index is 695. The maximum Gasteiger partial charge on any atom is 0.240 e. The second kappa shape index (κ2) is 8.02. The summed E-state index contributed by atoms with van der Waals surface area (Å²) in [6.07, 6.45) is 4.26. The summed E-state index contributed by atoms with van der Waals surface area (Å²) >= 11 is 0. The molecule has 1 aliphatic rings. The molecule has 0 bridgehead atoms. The number of rotatable bonds is 6. The highest BCUT2D eigenvalue weighted by Crippen LogP contribution is 2.23. The maximum atomic E-state index is 13.1. The number of carbonyl (C=O) groups is 1. The van der Waals surface area contributed by atoms with Gasteiger partial charge in [0.15, 0.2) is 11.6 Å². The van der Waals surface area contributed by atoms with E-state index >= 15 is 0 Å². The van der Waals surface area contributed by atoms with E-state index in [2.05, 4.69) is 17.0 Å². The van der Waals surface area contributed by atoms with Gasteiger partial charge in [0, 0.05) is 19.0 Å². The van der Waals surface area contributed by atoms with Crippen LogP contribution in [0.4, 0.5) is 8.78 Å². The average molecular weight is 360 g/mol. The summed E-state index contributed by atoms with van der Waals surface area (Å²) in [5.41, 5.74) is 0. The number of amides is 1. The number of hydrogen-bond donors (Lipinski definition) is 2. The van der Waals surface area contributed by atoms with E-state index < -0.39 is 21.7 Å². The van der Waals surface area contributed by atoms with Gasteiger partial charge in [0.05, 0.1) is 4.90 Å². The predicted molar refractivity (Wildman–Crippen MR) is 85.7 cm³/mol. The molecule has 0 radical (unpaired) electrons. The average Bonchev–Trinajstić information content (AvgIpc) is 2.52.